The Morgan fingerprint density at radius 2 is 1.75 bits per heavy atom. The summed E-state index contributed by atoms with van der Waals surface area (Å²) in [6.45, 7) is 4.29. The van der Waals surface area contributed by atoms with Crippen LogP contribution in [0.15, 0.2) is 24.3 Å². The van der Waals surface area contributed by atoms with Crippen LogP contribution in [0.4, 0.5) is 13.2 Å². The van der Waals surface area contributed by atoms with Crippen molar-refractivity contribution in [3.63, 3.8) is 0 Å². The molecular weight excluding hydrogens is 285 g/mol. The number of hydrogen-bond acceptors (Lipinski definition) is 3. The molecule has 1 unspecified atom stereocenters. The minimum Gasteiger partial charge on any atom is -0.271 e. The van der Waals surface area contributed by atoms with E-state index in [4.69, 9.17) is 5.84 Å². The summed E-state index contributed by atoms with van der Waals surface area (Å²) in [7, 11) is 0. The smallest absolute Gasteiger partial charge is 0.271 e. The number of benzene rings is 1. The second-order valence-electron chi connectivity index (χ2n) is 5.19. The zero-order chi connectivity index (χ0) is 15.2. The van der Waals surface area contributed by atoms with Gasteiger partial charge in [0.2, 0.25) is 0 Å². The molecule has 0 saturated heterocycles. The zero-order valence-corrected chi connectivity index (χ0v) is 12.5. The molecule has 1 atom stereocenters. The third-order valence-electron chi connectivity index (χ3n) is 2.77. The average Bonchev–Trinajstić information content (AvgIpc) is 2.36. The summed E-state index contributed by atoms with van der Waals surface area (Å²) in [6, 6.07) is 5.32. The van der Waals surface area contributed by atoms with Gasteiger partial charge >= 0.3 is 6.18 Å². The maximum absolute atomic E-state index is 12.5. The van der Waals surface area contributed by atoms with Gasteiger partial charge in [0.25, 0.3) is 0 Å². The van der Waals surface area contributed by atoms with Gasteiger partial charge < -0.3 is 0 Å². The minimum atomic E-state index is -4.28. The van der Waals surface area contributed by atoms with Crippen molar-refractivity contribution in [2.45, 2.75) is 32.5 Å². The molecule has 3 N–H and O–H groups in total. The van der Waals surface area contributed by atoms with Crippen LogP contribution in [-0.2, 0) is 12.6 Å². The predicted molar refractivity (Wildman–Crippen MR) is 78.4 cm³/mol. The maximum Gasteiger partial charge on any atom is 0.416 e. The number of hydrogen-bond donors (Lipinski definition) is 2. The first-order valence-corrected chi connectivity index (χ1v) is 7.68. The van der Waals surface area contributed by atoms with Crippen molar-refractivity contribution in [2.24, 2.45) is 11.8 Å². The van der Waals surface area contributed by atoms with Gasteiger partial charge in [-0.05, 0) is 35.8 Å². The first-order chi connectivity index (χ1) is 9.32. The molecule has 0 aliphatic carbocycles. The zero-order valence-electron chi connectivity index (χ0n) is 11.7. The van der Waals surface area contributed by atoms with E-state index in [1.807, 2.05) is 0 Å². The van der Waals surface area contributed by atoms with Gasteiger partial charge in [0.05, 0.1) is 5.56 Å². The molecule has 0 spiro atoms. The number of nitrogens with one attached hydrogen (secondary N) is 1. The van der Waals surface area contributed by atoms with E-state index in [1.54, 1.807) is 11.8 Å². The standard InChI is InChI=1S/C14H21F3N2S/c1-10(2)8-20-9-13(19-18)7-11-3-5-12(6-4-11)14(15,16)17/h3-6,10,13,19H,7-9,18H2,1-2H3. The van der Waals surface area contributed by atoms with Gasteiger partial charge in [-0.2, -0.15) is 24.9 Å². The molecule has 6 heteroatoms. The van der Waals surface area contributed by atoms with Crippen molar-refractivity contribution >= 4 is 11.8 Å². The van der Waals surface area contributed by atoms with Gasteiger partial charge in [0.1, 0.15) is 0 Å². The average molecular weight is 306 g/mol. The molecule has 0 heterocycles. The molecule has 0 aromatic heterocycles. The highest BCUT2D eigenvalue weighted by atomic mass is 32.2. The Morgan fingerprint density at radius 3 is 2.20 bits per heavy atom. The van der Waals surface area contributed by atoms with Gasteiger partial charge in [-0.1, -0.05) is 26.0 Å². The highest BCUT2D eigenvalue weighted by Gasteiger charge is 2.29. The van der Waals surface area contributed by atoms with Gasteiger partial charge in [0, 0.05) is 11.8 Å². The second-order valence-corrected chi connectivity index (χ2v) is 6.27. The SMILES string of the molecule is CC(C)CSCC(Cc1ccc(C(F)(F)F)cc1)NN. The van der Waals surface area contributed by atoms with E-state index in [0.717, 1.165) is 29.2 Å². The molecule has 1 aromatic carbocycles. The Hall–Kier alpha value is -0.720. The van der Waals surface area contributed by atoms with Crippen molar-refractivity contribution in [3.05, 3.63) is 35.4 Å². The van der Waals surface area contributed by atoms with Crippen LogP contribution in [0.1, 0.15) is 25.0 Å². The largest absolute Gasteiger partial charge is 0.416 e. The molecule has 114 valence electrons. The molecule has 0 radical (unpaired) electrons. The van der Waals surface area contributed by atoms with Crippen molar-refractivity contribution in [1.82, 2.24) is 5.43 Å². The van der Waals surface area contributed by atoms with E-state index in [-0.39, 0.29) is 6.04 Å². The molecule has 1 aromatic rings. The van der Waals surface area contributed by atoms with E-state index >= 15 is 0 Å². The molecule has 0 bridgehead atoms. The molecule has 1 rings (SSSR count). The molecule has 2 nitrogen and oxygen atoms in total. The number of rotatable bonds is 7. The Morgan fingerprint density at radius 1 is 1.15 bits per heavy atom. The molecule has 0 aliphatic heterocycles. The Labute approximate surface area is 122 Å². The van der Waals surface area contributed by atoms with Gasteiger partial charge in [0.15, 0.2) is 0 Å². The van der Waals surface area contributed by atoms with Crippen LogP contribution in [0.3, 0.4) is 0 Å². The fraction of sp³-hybridized carbons (Fsp3) is 0.571. The second kappa shape index (κ2) is 7.90. The van der Waals surface area contributed by atoms with E-state index in [1.165, 1.54) is 12.1 Å². The highest BCUT2D eigenvalue weighted by molar-refractivity contribution is 7.99. The molecule has 0 saturated carbocycles. The fourth-order valence-corrected chi connectivity index (χ4v) is 2.83. The van der Waals surface area contributed by atoms with Crippen LogP contribution in [0.5, 0.6) is 0 Å². The highest BCUT2D eigenvalue weighted by Crippen LogP contribution is 2.29. The minimum absolute atomic E-state index is 0.0653. The summed E-state index contributed by atoms with van der Waals surface area (Å²) in [5, 5.41) is 0. The van der Waals surface area contributed by atoms with Crippen molar-refractivity contribution in [1.29, 1.82) is 0 Å². The monoisotopic (exact) mass is 306 g/mol. The van der Waals surface area contributed by atoms with Crippen LogP contribution < -0.4 is 11.3 Å². The molecule has 20 heavy (non-hydrogen) atoms. The van der Waals surface area contributed by atoms with Gasteiger partial charge in [-0.25, -0.2) is 0 Å². The van der Waals surface area contributed by atoms with E-state index in [2.05, 4.69) is 19.3 Å². The van der Waals surface area contributed by atoms with E-state index in [0.29, 0.717) is 12.3 Å². The Kier molecular flexibility index (Phi) is 6.85. The van der Waals surface area contributed by atoms with Crippen LogP contribution in [0.2, 0.25) is 0 Å². The number of hydrazine groups is 1. The predicted octanol–water partition coefficient (Wildman–Crippen LogP) is 3.47. The van der Waals surface area contributed by atoms with Gasteiger partial charge in [-0.3, -0.25) is 11.3 Å². The Bertz CT molecular complexity index is 390. The third-order valence-corrected chi connectivity index (χ3v) is 4.31. The lowest BCUT2D eigenvalue weighted by atomic mass is 10.1. The number of nitrogens with two attached hydrogens (primary N) is 1. The molecular formula is C14H21F3N2S. The first-order valence-electron chi connectivity index (χ1n) is 6.53. The number of halogens is 3. The quantitative estimate of drug-likeness (QED) is 0.598. The van der Waals surface area contributed by atoms with Crippen LogP contribution in [-0.4, -0.2) is 17.5 Å². The lowest BCUT2D eigenvalue weighted by molar-refractivity contribution is -0.137. The summed E-state index contributed by atoms with van der Waals surface area (Å²) in [4.78, 5) is 0. The van der Waals surface area contributed by atoms with Crippen molar-refractivity contribution < 1.29 is 13.2 Å². The number of thioether (sulfide) groups is 1. The summed E-state index contributed by atoms with van der Waals surface area (Å²) in [6.07, 6.45) is -3.66. The summed E-state index contributed by atoms with van der Waals surface area (Å²) in [5.41, 5.74) is 2.96. The lowest BCUT2D eigenvalue weighted by Crippen LogP contribution is -2.38. The first kappa shape index (κ1) is 17.3. The van der Waals surface area contributed by atoms with Crippen LogP contribution in [0.25, 0.3) is 0 Å². The summed E-state index contributed by atoms with van der Waals surface area (Å²) < 4.78 is 37.4. The summed E-state index contributed by atoms with van der Waals surface area (Å²) in [5.74, 6) is 8.00. The van der Waals surface area contributed by atoms with Crippen LogP contribution >= 0.6 is 11.8 Å². The Balaban J connectivity index is 2.53. The van der Waals surface area contributed by atoms with Crippen LogP contribution in [0, 0.1) is 5.92 Å². The fourth-order valence-electron chi connectivity index (χ4n) is 1.73. The maximum atomic E-state index is 12.5. The molecule has 0 amide bonds. The topological polar surface area (TPSA) is 38.0 Å². The van der Waals surface area contributed by atoms with Crippen molar-refractivity contribution in [3.8, 4) is 0 Å². The number of alkyl halides is 3. The summed E-state index contributed by atoms with van der Waals surface area (Å²) >= 11 is 1.80. The molecule has 0 aliphatic rings. The third kappa shape index (κ3) is 6.15. The van der Waals surface area contributed by atoms with E-state index in [9.17, 15) is 13.2 Å². The lowest BCUT2D eigenvalue weighted by Gasteiger charge is -2.16. The van der Waals surface area contributed by atoms with E-state index < -0.39 is 11.7 Å². The molecule has 0 fully saturated rings. The normalized spacial score (nSPS) is 13.8. The van der Waals surface area contributed by atoms with Gasteiger partial charge in [-0.15, -0.1) is 0 Å². The van der Waals surface area contributed by atoms with Crippen molar-refractivity contribution in [2.75, 3.05) is 11.5 Å².